The molecule has 0 spiro atoms. The second kappa shape index (κ2) is 9.05. The van der Waals surface area contributed by atoms with Crippen LogP contribution in [0.2, 0.25) is 5.02 Å². The average molecular weight is 451 g/mol. The molecule has 31 heavy (non-hydrogen) atoms. The smallest absolute Gasteiger partial charge is 0.357 e. The van der Waals surface area contributed by atoms with Crippen LogP contribution < -0.4 is 4.74 Å². The minimum absolute atomic E-state index is 0.00543. The summed E-state index contributed by atoms with van der Waals surface area (Å²) in [6, 6.07) is 6.70. The Morgan fingerprint density at radius 1 is 1.06 bits per heavy atom. The van der Waals surface area contributed by atoms with Crippen LogP contribution in [0.25, 0.3) is 11.3 Å². The number of esters is 1. The predicted molar refractivity (Wildman–Crippen MR) is 109 cm³/mol. The zero-order valence-electron chi connectivity index (χ0n) is 16.5. The van der Waals surface area contributed by atoms with Gasteiger partial charge in [0.2, 0.25) is 0 Å². The fraction of sp³-hybridized carbons (Fsp3) is 0.476. The molecule has 0 saturated heterocycles. The van der Waals surface area contributed by atoms with Crippen molar-refractivity contribution in [1.29, 1.82) is 0 Å². The highest BCUT2D eigenvalue weighted by molar-refractivity contribution is 6.32. The number of carbonyl (C=O) groups is 1. The van der Waals surface area contributed by atoms with Crippen LogP contribution in [0.4, 0.5) is 0 Å². The van der Waals surface area contributed by atoms with Crippen molar-refractivity contribution in [2.45, 2.75) is 49.8 Å². The highest BCUT2D eigenvalue weighted by Gasteiger charge is 2.42. The lowest BCUT2D eigenvalue weighted by Gasteiger charge is -2.37. The van der Waals surface area contributed by atoms with Crippen LogP contribution in [0.15, 0.2) is 30.6 Å². The number of aromatic nitrogens is 2. The number of hydrogen-bond donors (Lipinski definition) is 4. The zero-order chi connectivity index (χ0) is 22.1. The number of nitrogens with zero attached hydrogens (tertiary/aromatic N) is 2. The molecule has 166 valence electrons. The van der Waals surface area contributed by atoms with Gasteiger partial charge in [-0.15, -0.1) is 0 Å². The van der Waals surface area contributed by atoms with Crippen molar-refractivity contribution in [2.75, 3.05) is 6.61 Å². The molecule has 2 fully saturated rings. The number of ether oxygens (including phenoxy) is 2. The summed E-state index contributed by atoms with van der Waals surface area (Å²) in [5.41, 5.74) is 1.15. The first-order chi connectivity index (χ1) is 14.8. The zero-order valence-corrected chi connectivity index (χ0v) is 17.2. The van der Waals surface area contributed by atoms with Crippen molar-refractivity contribution >= 4 is 17.6 Å². The first-order valence-corrected chi connectivity index (χ1v) is 10.4. The summed E-state index contributed by atoms with van der Waals surface area (Å²) in [7, 11) is 0. The van der Waals surface area contributed by atoms with Gasteiger partial charge in [-0.2, -0.15) is 0 Å². The molecule has 1 unspecified atom stereocenters. The maximum atomic E-state index is 12.4. The molecule has 1 heterocycles. The molecule has 2 aromatic rings. The fourth-order valence-corrected chi connectivity index (χ4v) is 3.69. The highest BCUT2D eigenvalue weighted by Crippen LogP contribution is 2.34. The summed E-state index contributed by atoms with van der Waals surface area (Å²) in [4.78, 5) is 20.5. The van der Waals surface area contributed by atoms with E-state index < -0.39 is 36.3 Å². The van der Waals surface area contributed by atoms with E-state index in [9.17, 15) is 25.2 Å². The van der Waals surface area contributed by atoms with Gasteiger partial charge in [0.05, 0.1) is 35.6 Å². The third kappa shape index (κ3) is 4.97. The van der Waals surface area contributed by atoms with Gasteiger partial charge in [-0.05, 0) is 43.5 Å². The summed E-state index contributed by atoms with van der Waals surface area (Å²) < 4.78 is 10.9. The van der Waals surface area contributed by atoms with Crippen molar-refractivity contribution in [2.24, 2.45) is 5.92 Å². The van der Waals surface area contributed by atoms with Crippen LogP contribution in [-0.4, -0.2) is 73.5 Å². The second-order valence-corrected chi connectivity index (χ2v) is 8.29. The van der Waals surface area contributed by atoms with Gasteiger partial charge in [-0.3, -0.25) is 0 Å². The van der Waals surface area contributed by atoms with Gasteiger partial charge < -0.3 is 29.9 Å². The molecule has 2 saturated carbocycles. The average Bonchev–Trinajstić information content (AvgIpc) is 3.59. The number of benzene rings is 1. The number of aliphatic hydroxyl groups is 4. The maximum Gasteiger partial charge on any atom is 0.357 e. The molecular weight excluding hydrogens is 428 g/mol. The van der Waals surface area contributed by atoms with Crippen molar-refractivity contribution in [3.63, 3.8) is 0 Å². The van der Waals surface area contributed by atoms with E-state index in [2.05, 4.69) is 9.97 Å². The standard InChI is InChI=1S/C21H23ClN2O7/c22-13-5-10(1-4-17(13)31-12-2-3-12)14-7-15(24-9-23-14)21(29)30-8-11-6-16(25)19(27)20(28)18(11)26/h1,4-5,7,9,11-12,16,18-20,25-28H,2-3,6,8H2/t11-,16?,18-,19+,20+/m1/s1. The first kappa shape index (κ1) is 21.9. The third-order valence-corrected chi connectivity index (χ3v) is 5.77. The second-order valence-electron chi connectivity index (χ2n) is 7.88. The summed E-state index contributed by atoms with van der Waals surface area (Å²) >= 11 is 6.29. The Morgan fingerprint density at radius 3 is 2.55 bits per heavy atom. The summed E-state index contributed by atoms with van der Waals surface area (Å²) in [5.74, 6) is -0.871. The number of carbonyl (C=O) groups excluding carboxylic acids is 1. The highest BCUT2D eigenvalue weighted by atomic mass is 35.5. The largest absolute Gasteiger partial charge is 0.489 e. The molecule has 10 heteroatoms. The summed E-state index contributed by atoms with van der Waals surface area (Å²) in [5, 5.41) is 39.7. The Kier molecular flexibility index (Phi) is 6.40. The number of halogens is 1. The van der Waals surface area contributed by atoms with Crippen molar-refractivity contribution < 1.29 is 34.7 Å². The fourth-order valence-electron chi connectivity index (χ4n) is 3.47. The quantitative estimate of drug-likeness (QED) is 0.473. The van der Waals surface area contributed by atoms with Gasteiger partial charge in [0, 0.05) is 11.5 Å². The van der Waals surface area contributed by atoms with Gasteiger partial charge in [0.15, 0.2) is 5.69 Å². The van der Waals surface area contributed by atoms with E-state index in [0.717, 1.165) is 12.8 Å². The number of hydrogen-bond acceptors (Lipinski definition) is 9. The molecule has 4 rings (SSSR count). The van der Waals surface area contributed by atoms with E-state index in [-0.39, 0.29) is 24.8 Å². The lowest BCUT2D eigenvalue weighted by atomic mass is 9.81. The normalized spacial score (nSPS) is 28.2. The molecular formula is C21H23ClN2O7. The number of aliphatic hydroxyl groups excluding tert-OH is 4. The third-order valence-electron chi connectivity index (χ3n) is 5.47. The van der Waals surface area contributed by atoms with E-state index in [0.29, 0.717) is 22.0 Å². The Bertz CT molecular complexity index is 955. The predicted octanol–water partition coefficient (Wildman–Crippen LogP) is 0.958. The van der Waals surface area contributed by atoms with Gasteiger partial charge in [0.1, 0.15) is 24.3 Å². The van der Waals surface area contributed by atoms with Crippen LogP contribution in [0, 0.1) is 5.92 Å². The van der Waals surface area contributed by atoms with Crippen LogP contribution >= 0.6 is 11.6 Å². The van der Waals surface area contributed by atoms with E-state index in [1.807, 2.05) is 0 Å². The summed E-state index contributed by atoms with van der Waals surface area (Å²) in [6.45, 7) is -0.251. The maximum absolute atomic E-state index is 12.4. The molecule has 1 aromatic carbocycles. The van der Waals surface area contributed by atoms with Crippen LogP contribution in [-0.2, 0) is 4.74 Å². The molecule has 0 aliphatic heterocycles. The van der Waals surface area contributed by atoms with Crippen molar-refractivity contribution in [1.82, 2.24) is 9.97 Å². The molecule has 2 aliphatic rings. The van der Waals surface area contributed by atoms with Crippen LogP contribution in [0.1, 0.15) is 29.8 Å². The molecule has 0 amide bonds. The Balaban J connectivity index is 1.42. The van der Waals surface area contributed by atoms with Gasteiger partial charge in [-0.1, -0.05) is 11.6 Å². The lowest BCUT2D eigenvalue weighted by molar-refractivity contribution is -0.163. The van der Waals surface area contributed by atoms with Gasteiger partial charge in [0.25, 0.3) is 0 Å². The van der Waals surface area contributed by atoms with E-state index in [4.69, 9.17) is 21.1 Å². The Labute approximate surface area is 183 Å². The van der Waals surface area contributed by atoms with E-state index in [1.54, 1.807) is 18.2 Å². The Hall–Kier alpha value is -2.30. The monoisotopic (exact) mass is 450 g/mol. The minimum Gasteiger partial charge on any atom is -0.489 e. The first-order valence-electron chi connectivity index (χ1n) is 10.0. The van der Waals surface area contributed by atoms with Crippen molar-refractivity contribution in [3.8, 4) is 17.0 Å². The van der Waals surface area contributed by atoms with Crippen LogP contribution in [0.3, 0.4) is 0 Å². The van der Waals surface area contributed by atoms with E-state index in [1.165, 1.54) is 12.4 Å². The summed E-state index contributed by atoms with van der Waals surface area (Å²) in [6.07, 6.45) is -2.04. The molecule has 9 nitrogen and oxygen atoms in total. The molecule has 0 bridgehead atoms. The van der Waals surface area contributed by atoms with Crippen molar-refractivity contribution in [3.05, 3.63) is 41.3 Å². The molecule has 0 radical (unpaired) electrons. The topological polar surface area (TPSA) is 142 Å². The molecule has 4 N–H and O–H groups in total. The SMILES string of the molecule is O=C(OC[C@H]1CC(O)[C@H](O)[C@@H](O)[C@@H]1O)c1cc(-c2ccc(OC3CC3)c(Cl)c2)ncn1. The van der Waals surface area contributed by atoms with Gasteiger partial charge >= 0.3 is 5.97 Å². The molecule has 5 atom stereocenters. The van der Waals surface area contributed by atoms with E-state index >= 15 is 0 Å². The minimum atomic E-state index is -1.52. The lowest BCUT2D eigenvalue weighted by Crippen LogP contribution is -2.54. The Morgan fingerprint density at radius 2 is 1.84 bits per heavy atom. The van der Waals surface area contributed by atoms with Gasteiger partial charge in [-0.25, -0.2) is 14.8 Å². The van der Waals surface area contributed by atoms with Crippen LogP contribution in [0.5, 0.6) is 5.75 Å². The molecule has 1 aromatic heterocycles. The number of rotatable bonds is 6. The molecule has 2 aliphatic carbocycles.